The van der Waals surface area contributed by atoms with Gasteiger partial charge in [0.05, 0.1) is 12.4 Å². The maximum Gasteiger partial charge on any atom is 0.289 e. The third-order valence-electron chi connectivity index (χ3n) is 4.56. The van der Waals surface area contributed by atoms with Crippen LogP contribution < -0.4 is 0 Å². The first-order valence-corrected chi connectivity index (χ1v) is 9.41. The van der Waals surface area contributed by atoms with E-state index >= 15 is 0 Å². The van der Waals surface area contributed by atoms with Crippen molar-refractivity contribution in [2.75, 3.05) is 6.54 Å². The van der Waals surface area contributed by atoms with E-state index in [4.69, 9.17) is 0 Å². The van der Waals surface area contributed by atoms with Crippen molar-refractivity contribution >= 4 is 5.91 Å². The summed E-state index contributed by atoms with van der Waals surface area (Å²) in [7, 11) is 0. The van der Waals surface area contributed by atoms with Gasteiger partial charge < -0.3 is 14.6 Å². The van der Waals surface area contributed by atoms with Crippen LogP contribution >= 0.6 is 0 Å². The van der Waals surface area contributed by atoms with Gasteiger partial charge in [0.2, 0.25) is 0 Å². The molecular formula is C20H31N3O2. The molecule has 0 aromatic carbocycles. The standard InChI is InChI=1S/C20H31N3O2/c1-4-5-6-8-17-18(10-9-16(2)3)23(20(25)19(17)24)13-7-12-22-14-11-21-15-22/h9-11,14-16,18,24H,4-8,12-13H2,1-3H3. The highest BCUT2D eigenvalue weighted by atomic mass is 16.3. The number of aryl methyl sites for hydroxylation is 1. The zero-order valence-corrected chi connectivity index (χ0v) is 15.7. The van der Waals surface area contributed by atoms with E-state index < -0.39 is 0 Å². The van der Waals surface area contributed by atoms with E-state index in [2.05, 4.69) is 37.9 Å². The minimum Gasteiger partial charge on any atom is -0.503 e. The summed E-state index contributed by atoms with van der Waals surface area (Å²) in [4.78, 5) is 18.4. The van der Waals surface area contributed by atoms with E-state index in [1.165, 1.54) is 0 Å². The van der Waals surface area contributed by atoms with Gasteiger partial charge in [-0.15, -0.1) is 0 Å². The van der Waals surface area contributed by atoms with Crippen molar-refractivity contribution in [3.63, 3.8) is 0 Å². The Bertz CT molecular complexity index is 602. The highest BCUT2D eigenvalue weighted by Crippen LogP contribution is 2.30. The van der Waals surface area contributed by atoms with E-state index in [0.717, 1.165) is 44.2 Å². The second-order valence-electron chi connectivity index (χ2n) is 7.06. The molecule has 5 heteroatoms. The highest BCUT2D eigenvalue weighted by Gasteiger charge is 2.36. The molecule has 0 bridgehead atoms. The van der Waals surface area contributed by atoms with Gasteiger partial charge in [0.1, 0.15) is 0 Å². The van der Waals surface area contributed by atoms with Crippen LogP contribution in [-0.4, -0.2) is 38.1 Å². The van der Waals surface area contributed by atoms with Gasteiger partial charge >= 0.3 is 0 Å². The number of aliphatic hydroxyl groups excluding tert-OH is 1. The number of nitrogens with zero attached hydrogens (tertiary/aromatic N) is 3. The molecule has 1 aromatic heterocycles. The van der Waals surface area contributed by atoms with Crippen LogP contribution in [0.4, 0.5) is 0 Å². The summed E-state index contributed by atoms with van der Waals surface area (Å²) in [6, 6.07) is -0.102. The predicted octanol–water partition coefficient (Wildman–Crippen LogP) is 4.09. The molecule has 5 nitrogen and oxygen atoms in total. The van der Waals surface area contributed by atoms with Crippen molar-refractivity contribution in [2.24, 2.45) is 5.92 Å². The fourth-order valence-electron chi connectivity index (χ4n) is 3.19. The molecule has 1 N–H and O–H groups in total. The number of carbonyl (C=O) groups excluding carboxylic acids is 1. The van der Waals surface area contributed by atoms with Crippen molar-refractivity contribution in [1.82, 2.24) is 14.5 Å². The number of unbranched alkanes of at least 4 members (excludes halogenated alkanes) is 2. The van der Waals surface area contributed by atoms with Gasteiger partial charge in [0.15, 0.2) is 5.76 Å². The normalized spacial score (nSPS) is 18.3. The minimum atomic E-state index is -0.226. The Morgan fingerprint density at radius 2 is 2.08 bits per heavy atom. The lowest BCUT2D eigenvalue weighted by atomic mass is 9.99. The average molecular weight is 345 g/mol. The molecule has 0 saturated carbocycles. The zero-order valence-electron chi connectivity index (χ0n) is 15.7. The Balaban J connectivity index is 2.06. The minimum absolute atomic E-state index is 0.0304. The largest absolute Gasteiger partial charge is 0.503 e. The zero-order chi connectivity index (χ0) is 18.2. The third-order valence-corrected chi connectivity index (χ3v) is 4.56. The van der Waals surface area contributed by atoms with E-state index in [-0.39, 0.29) is 17.7 Å². The molecule has 0 radical (unpaired) electrons. The molecule has 1 aliphatic rings. The Labute approximate surface area is 151 Å². The number of aromatic nitrogens is 2. The van der Waals surface area contributed by atoms with Crippen LogP contribution in [0.1, 0.15) is 52.9 Å². The molecule has 0 saturated heterocycles. The molecule has 138 valence electrons. The summed E-state index contributed by atoms with van der Waals surface area (Å²) in [6.07, 6.45) is 14.6. The smallest absolute Gasteiger partial charge is 0.289 e. The van der Waals surface area contributed by atoms with E-state index in [9.17, 15) is 9.90 Å². The first-order valence-electron chi connectivity index (χ1n) is 9.41. The molecule has 1 aromatic rings. The number of hydrogen-bond acceptors (Lipinski definition) is 3. The van der Waals surface area contributed by atoms with Crippen LogP contribution in [0.25, 0.3) is 0 Å². The number of amides is 1. The van der Waals surface area contributed by atoms with Gasteiger partial charge in [0, 0.05) is 31.1 Å². The maximum atomic E-state index is 12.6. The summed E-state index contributed by atoms with van der Waals surface area (Å²) in [5.74, 6) is 0.162. The molecule has 1 aliphatic heterocycles. The number of allylic oxidation sites excluding steroid dienone is 1. The molecule has 1 atom stereocenters. The van der Waals surface area contributed by atoms with Gasteiger partial charge in [-0.3, -0.25) is 4.79 Å². The van der Waals surface area contributed by atoms with Gasteiger partial charge in [-0.05, 0) is 25.2 Å². The lowest BCUT2D eigenvalue weighted by Gasteiger charge is -2.25. The third kappa shape index (κ3) is 5.21. The SMILES string of the molecule is CCCCCC1=C(O)C(=O)N(CCCn2ccnc2)C1C=CC(C)C. The van der Waals surface area contributed by atoms with Crippen LogP contribution in [0.5, 0.6) is 0 Å². The van der Waals surface area contributed by atoms with Crippen molar-refractivity contribution < 1.29 is 9.90 Å². The quantitative estimate of drug-likeness (QED) is 0.513. The monoisotopic (exact) mass is 345 g/mol. The molecule has 0 fully saturated rings. The molecule has 1 unspecified atom stereocenters. The number of aliphatic hydroxyl groups is 1. The first kappa shape index (κ1) is 19.3. The average Bonchev–Trinajstić information content (AvgIpc) is 3.17. The van der Waals surface area contributed by atoms with Crippen LogP contribution in [0.3, 0.4) is 0 Å². The fourth-order valence-corrected chi connectivity index (χ4v) is 3.19. The van der Waals surface area contributed by atoms with E-state index in [0.29, 0.717) is 12.5 Å². The van der Waals surface area contributed by atoms with Gasteiger partial charge in [-0.25, -0.2) is 4.98 Å². The van der Waals surface area contributed by atoms with Crippen molar-refractivity contribution in [3.05, 3.63) is 42.2 Å². The van der Waals surface area contributed by atoms with E-state index in [1.54, 1.807) is 12.5 Å². The number of rotatable bonds is 10. The molecule has 2 heterocycles. The lowest BCUT2D eigenvalue weighted by molar-refractivity contribution is -0.128. The predicted molar refractivity (Wildman–Crippen MR) is 100 cm³/mol. The molecule has 0 spiro atoms. The molecule has 0 aliphatic carbocycles. The molecule has 1 amide bonds. The molecule has 2 rings (SSSR count). The Morgan fingerprint density at radius 1 is 1.28 bits per heavy atom. The number of carbonyl (C=O) groups is 1. The number of imidazole rings is 1. The van der Waals surface area contributed by atoms with Gasteiger partial charge in [0.25, 0.3) is 5.91 Å². The summed E-state index contributed by atoms with van der Waals surface area (Å²) < 4.78 is 2.01. The van der Waals surface area contributed by atoms with Crippen molar-refractivity contribution in [2.45, 2.75) is 65.5 Å². The molecular weight excluding hydrogens is 314 g/mol. The Hall–Kier alpha value is -2.04. The Morgan fingerprint density at radius 3 is 2.72 bits per heavy atom. The second kappa shape index (κ2) is 9.44. The van der Waals surface area contributed by atoms with Crippen LogP contribution in [0.2, 0.25) is 0 Å². The summed E-state index contributed by atoms with van der Waals surface area (Å²) in [5, 5.41) is 10.4. The Kier molecular flexibility index (Phi) is 7.29. The van der Waals surface area contributed by atoms with Crippen LogP contribution in [0, 0.1) is 5.92 Å². The summed E-state index contributed by atoms with van der Waals surface area (Å²) >= 11 is 0. The van der Waals surface area contributed by atoms with Crippen LogP contribution in [0.15, 0.2) is 42.2 Å². The first-order chi connectivity index (χ1) is 12.0. The fraction of sp³-hybridized carbons (Fsp3) is 0.600. The summed E-state index contributed by atoms with van der Waals surface area (Å²) in [5.41, 5.74) is 0.887. The second-order valence-corrected chi connectivity index (χ2v) is 7.06. The summed E-state index contributed by atoms with van der Waals surface area (Å²) in [6.45, 7) is 7.85. The van der Waals surface area contributed by atoms with Gasteiger partial charge in [-0.2, -0.15) is 0 Å². The van der Waals surface area contributed by atoms with E-state index in [1.807, 2.05) is 15.7 Å². The van der Waals surface area contributed by atoms with Gasteiger partial charge in [-0.1, -0.05) is 45.8 Å². The van der Waals surface area contributed by atoms with Crippen LogP contribution in [-0.2, 0) is 11.3 Å². The molecule has 25 heavy (non-hydrogen) atoms. The lowest BCUT2D eigenvalue weighted by Crippen LogP contribution is -2.36. The number of hydrogen-bond donors (Lipinski definition) is 1. The highest BCUT2D eigenvalue weighted by molar-refractivity contribution is 5.95. The van der Waals surface area contributed by atoms with Crippen molar-refractivity contribution in [1.29, 1.82) is 0 Å². The maximum absolute atomic E-state index is 12.6. The topological polar surface area (TPSA) is 58.4 Å². The van der Waals surface area contributed by atoms with Crippen molar-refractivity contribution in [3.8, 4) is 0 Å².